The molecule has 0 aliphatic heterocycles. The van der Waals surface area contributed by atoms with Gasteiger partial charge in [0.25, 0.3) is 0 Å². The molecule has 5 aromatic carbocycles. The Morgan fingerprint density at radius 3 is 1.24 bits per heavy atom. The molecule has 362 valence electrons. The van der Waals surface area contributed by atoms with Gasteiger partial charge in [-0.25, -0.2) is 19.2 Å². The Balaban J connectivity index is 1.60. The maximum Gasteiger partial charge on any atom is 0.339 e. The lowest BCUT2D eigenvalue weighted by atomic mass is 9.82. The molecule has 0 amide bonds. The Morgan fingerprint density at radius 2 is 0.824 bits per heavy atom. The fourth-order valence-corrected chi connectivity index (χ4v) is 11.9. The third-order valence-corrected chi connectivity index (χ3v) is 15.8. The highest BCUT2D eigenvalue weighted by molar-refractivity contribution is 7.28. The molecule has 2 heterocycles. The average molecular weight is 959 g/mol. The van der Waals surface area contributed by atoms with Gasteiger partial charge < -0.3 is 18.9 Å². The van der Waals surface area contributed by atoms with Crippen molar-refractivity contribution in [3.63, 3.8) is 0 Å². The molecule has 0 saturated heterocycles. The van der Waals surface area contributed by atoms with Crippen molar-refractivity contribution in [2.45, 2.75) is 183 Å². The summed E-state index contributed by atoms with van der Waals surface area (Å²) < 4.78 is 27.5. The van der Waals surface area contributed by atoms with E-state index in [1.807, 2.05) is 52.0 Å². The Labute approximate surface area is 410 Å². The number of fused-ring (bicyclic) bond motifs is 3. The number of esters is 4. The van der Waals surface area contributed by atoms with Crippen LogP contribution in [0.25, 0.3) is 62.9 Å². The molecular formula is C58H70O8S2. The SMILES string of the molecule is CCCCC(CC)OC(=O)c1ccc2c3ccc(C(=O)OC(CC)CCCC)c4c(C(=O)OC(CC)CCCC)cc(-c5cc6sccc6s5)c(c5ccc(C(=O)OC(CC)CCCC)c1c25)c43. The van der Waals surface area contributed by atoms with Gasteiger partial charge in [0.05, 0.1) is 22.3 Å². The van der Waals surface area contributed by atoms with E-state index >= 15 is 0 Å². The van der Waals surface area contributed by atoms with E-state index in [-0.39, 0.29) is 24.4 Å². The monoisotopic (exact) mass is 958 g/mol. The minimum absolute atomic E-state index is 0.282. The molecule has 8 nitrogen and oxygen atoms in total. The number of ether oxygens (including phenoxy) is 4. The van der Waals surface area contributed by atoms with Gasteiger partial charge >= 0.3 is 23.9 Å². The van der Waals surface area contributed by atoms with Crippen LogP contribution in [0.15, 0.2) is 60.0 Å². The lowest BCUT2D eigenvalue weighted by molar-refractivity contribution is 0.0253. The molecule has 2 aromatic heterocycles. The molecule has 0 bridgehead atoms. The van der Waals surface area contributed by atoms with Crippen molar-refractivity contribution >= 4 is 99.0 Å². The second-order valence-corrected chi connectivity index (χ2v) is 20.4. The second kappa shape index (κ2) is 23.5. The molecule has 0 N–H and O–H groups in total. The third-order valence-electron chi connectivity index (χ3n) is 13.7. The van der Waals surface area contributed by atoms with Gasteiger partial charge in [-0.15, -0.1) is 22.7 Å². The van der Waals surface area contributed by atoms with Crippen molar-refractivity contribution in [3.05, 3.63) is 82.2 Å². The van der Waals surface area contributed by atoms with E-state index in [0.29, 0.717) is 64.1 Å². The summed E-state index contributed by atoms with van der Waals surface area (Å²) in [5.41, 5.74) is 1.98. The molecule has 0 saturated carbocycles. The zero-order chi connectivity index (χ0) is 48.5. The van der Waals surface area contributed by atoms with Gasteiger partial charge in [0.1, 0.15) is 24.4 Å². The fourth-order valence-electron chi connectivity index (χ4n) is 9.73. The number of hydrogen-bond acceptors (Lipinski definition) is 10. The predicted octanol–water partition coefficient (Wildman–Crippen LogP) is 17.2. The Bertz CT molecular complexity index is 2800. The van der Waals surface area contributed by atoms with Crippen LogP contribution in [0.3, 0.4) is 0 Å². The van der Waals surface area contributed by atoms with Gasteiger partial charge in [0, 0.05) is 30.6 Å². The molecule has 0 aliphatic rings. The van der Waals surface area contributed by atoms with Crippen molar-refractivity contribution in [3.8, 4) is 10.4 Å². The highest BCUT2D eigenvalue weighted by atomic mass is 32.1. The summed E-state index contributed by atoms with van der Waals surface area (Å²) in [5, 5.41) is 7.57. The summed E-state index contributed by atoms with van der Waals surface area (Å²) in [5.74, 6) is -1.96. The van der Waals surface area contributed by atoms with Gasteiger partial charge in [0.2, 0.25) is 0 Å². The Morgan fingerprint density at radius 1 is 0.426 bits per heavy atom. The first-order valence-corrected chi connectivity index (χ1v) is 27.3. The van der Waals surface area contributed by atoms with Crippen molar-refractivity contribution in [1.29, 1.82) is 0 Å². The average Bonchev–Trinajstić information content (AvgIpc) is 3.98. The molecule has 4 atom stereocenters. The molecule has 0 aliphatic carbocycles. The van der Waals surface area contributed by atoms with E-state index < -0.39 is 23.9 Å². The van der Waals surface area contributed by atoms with Crippen LogP contribution in [0.5, 0.6) is 0 Å². The quantitative estimate of drug-likeness (QED) is 0.0241. The molecule has 68 heavy (non-hydrogen) atoms. The molecule has 0 radical (unpaired) electrons. The Hall–Kier alpha value is -5.06. The molecule has 0 fully saturated rings. The second-order valence-electron chi connectivity index (χ2n) is 18.4. The van der Waals surface area contributed by atoms with Crippen molar-refractivity contribution < 1.29 is 38.1 Å². The highest BCUT2D eigenvalue weighted by Gasteiger charge is 2.32. The summed E-state index contributed by atoms with van der Waals surface area (Å²) in [4.78, 5) is 59.9. The van der Waals surface area contributed by atoms with Crippen molar-refractivity contribution in [2.75, 3.05) is 0 Å². The summed E-state index contributed by atoms with van der Waals surface area (Å²) in [7, 11) is 0. The first-order chi connectivity index (χ1) is 33.0. The zero-order valence-corrected chi connectivity index (χ0v) is 43.1. The highest BCUT2D eigenvalue weighted by Crippen LogP contribution is 2.50. The van der Waals surface area contributed by atoms with Crippen LogP contribution in [-0.2, 0) is 18.9 Å². The molecule has 0 spiro atoms. The van der Waals surface area contributed by atoms with Crippen LogP contribution >= 0.6 is 22.7 Å². The number of carbonyl (C=O) groups is 4. The fraction of sp³-hybridized carbons (Fsp3) is 0.483. The van der Waals surface area contributed by atoms with Crippen molar-refractivity contribution in [1.82, 2.24) is 0 Å². The number of thiophene rings is 2. The lowest BCUT2D eigenvalue weighted by Gasteiger charge is -2.24. The van der Waals surface area contributed by atoms with E-state index in [2.05, 4.69) is 45.2 Å². The normalized spacial score (nSPS) is 13.6. The van der Waals surface area contributed by atoms with Crippen LogP contribution in [0, 0.1) is 0 Å². The van der Waals surface area contributed by atoms with Crippen LogP contribution in [0.1, 0.15) is 200 Å². The number of unbranched alkanes of at least 4 members (excludes halogenated alkanes) is 4. The first kappa shape index (κ1) is 50.8. The Kier molecular flexibility index (Phi) is 17.6. The van der Waals surface area contributed by atoms with Gasteiger partial charge in [-0.2, -0.15) is 0 Å². The molecule has 7 rings (SSSR count). The van der Waals surface area contributed by atoms with E-state index in [1.165, 1.54) is 0 Å². The van der Waals surface area contributed by atoms with Crippen LogP contribution in [0.4, 0.5) is 0 Å². The van der Waals surface area contributed by atoms with Crippen molar-refractivity contribution in [2.24, 2.45) is 0 Å². The van der Waals surface area contributed by atoms with Crippen LogP contribution in [0.2, 0.25) is 0 Å². The van der Waals surface area contributed by atoms with Gasteiger partial charge in [0.15, 0.2) is 0 Å². The van der Waals surface area contributed by atoms with Crippen LogP contribution < -0.4 is 0 Å². The number of benzene rings is 5. The van der Waals surface area contributed by atoms with E-state index in [4.69, 9.17) is 18.9 Å². The standard InChI is InChI=1S/C58H70O8S2/c1-9-17-21-35(13-5)63-55(59)42-28-25-39-40-26-29-44(57(61)65-37(15-7)23-19-11-3)53-46(58(62)66-38(16-8)24-20-12-4)33-45(48-34-49-47(68-48)31-32-67-49)51(54(40)53)41-27-30-43(52(42)50(39)41)56(60)64-36(14-6)22-18-10-2/h25-38H,9-24H2,1-8H3. The summed E-state index contributed by atoms with van der Waals surface area (Å²) >= 11 is 3.30. The summed E-state index contributed by atoms with van der Waals surface area (Å²) in [6.45, 7) is 16.6. The largest absolute Gasteiger partial charge is 0.459 e. The molecular weight excluding hydrogens is 889 g/mol. The minimum Gasteiger partial charge on any atom is -0.459 e. The number of carbonyl (C=O) groups excluding carboxylic acids is 4. The third kappa shape index (κ3) is 10.6. The molecule has 7 aromatic rings. The smallest absolute Gasteiger partial charge is 0.339 e. The molecule has 4 unspecified atom stereocenters. The summed E-state index contributed by atoms with van der Waals surface area (Å²) in [6, 6.07) is 17.3. The van der Waals surface area contributed by atoms with Gasteiger partial charge in [-0.05, 0) is 125 Å². The van der Waals surface area contributed by atoms with Gasteiger partial charge in [-0.1, -0.05) is 125 Å². The van der Waals surface area contributed by atoms with Gasteiger partial charge in [-0.3, -0.25) is 0 Å². The van der Waals surface area contributed by atoms with E-state index in [0.717, 1.165) is 124 Å². The number of rotatable bonds is 25. The molecule has 10 heteroatoms. The van der Waals surface area contributed by atoms with E-state index in [1.54, 1.807) is 40.9 Å². The first-order valence-electron chi connectivity index (χ1n) is 25.6. The van der Waals surface area contributed by atoms with Crippen LogP contribution in [-0.4, -0.2) is 48.3 Å². The number of hydrogen-bond donors (Lipinski definition) is 0. The zero-order valence-electron chi connectivity index (χ0n) is 41.5. The van der Waals surface area contributed by atoms with E-state index in [9.17, 15) is 19.2 Å². The maximum atomic E-state index is 15.0. The topological polar surface area (TPSA) is 105 Å². The predicted molar refractivity (Wildman–Crippen MR) is 282 cm³/mol. The summed E-state index contributed by atoms with van der Waals surface area (Å²) in [6.07, 6.45) is 12.1. The minimum atomic E-state index is -0.490. The lowest BCUT2D eigenvalue weighted by Crippen LogP contribution is -2.21. The maximum absolute atomic E-state index is 15.0.